The van der Waals surface area contributed by atoms with Crippen LogP contribution in [0.3, 0.4) is 0 Å². The summed E-state index contributed by atoms with van der Waals surface area (Å²) < 4.78 is 13.8. The van der Waals surface area contributed by atoms with Crippen LogP contribution in [0.25, 0.3) is 0 Å². The van der Waals surface area contributed by atoms with Gasteiger partial charge in [-0.25, -0.2) is 0 Å². The lowest BCUT2D eigenvalue weighted by Gasteiger charge is -1.91. The Morgan fingerprint density at radius 3 is 2.50 bits per heavy atom. The molecule has 1 unspecified atom stereocenters. The third kappa shape index (κ3) is 5.82. The summed E-state index contributed by atoms with van der Waals surface area (Å²) in [6.07, 6.45) is 0. The van der Waals surface area contributed by atoms with Gasteiger partial charge in [0.1, 0.15) is 6.61 Å². The van der Waals surface area contributed by atoms with Crippen LogP contribution >= 0.6 is 8.25 Å². The smallest absolute Gasteiger partial charge is 0.317 e. The van der Waals surface area contributed by atoms with Crippen molar-refractivity contribution in [1.29, 1.82) is 0 Å². The molecule has 0 aliphatic heterocycles. The van der Waals surface area contributed by atoms with Crippen molar-refractivity contribution in [1.82, 2.24) is 0 Å². The Balaban J connectivity index is 3.18. The highest BCUT2D eigenvalue weighted by molar-refractivity contribution is 7.32. The summed E-state index contributed by atoms with van der Waals surface area (Å²) in [5.74, 6) is -0.252. The Bertz CT molecular complexity index is 95.9. The van der Waals surface area contributed by atoms with E-state index >= 15 is 0 Å². The van der Waals surface area contributed by atoms with E-state index in [1.165, 1.54) is 6.92 Å². The summed E-state index contributed by atoms with van der Waals surface area (Å²) in [6.45, 7) is 1.01. The van der Waals surface area contributed by atoms with E-state index in [1.807, 2.05) is 0 Å². The third-order valence-electron chi connectivity index (χ3n) is 0.399. The molecule has 0 fully saturated rings. The minimum atomic E-state index is -2.90. The van der Waals surface area contributed by atoms with Crippen LogP contribution in [-0.2, 0) is 13.9 Å². The molecule has 0 aliphatic rings. The fraction of sp³-hybridized carbons (Fsp3) is 0.667. The lowest BCUT2D eigenvalue weighted by Crippen LogP contribution is -1.97. The van der Waals surface area contributed by atoms with Crippen LogP contribution < -0.4 is 0 Å². The third-order valence-corrected chi connectivity index (χ3v) is 0.790. The molecule has 0 rings (SSSR count). The van der Waals surface area contributed by atoms with Crippen LogP contribution in [0.4, 0.5) is 0 Å². The molecule has 0 aliphatic carbocycles. The van der Waals surface area contributed by atoms with Gasteiger partial charge < -0.3 is 9.42 Å². The van der Waals surface area contributed by atoms with Crippen molar-refractivity contribution in [3.8, 4) is 0 Å². The Morgan fingerprint density at radius 1 is 1.88 bits per heavy atom. The Morgan fingerprint density at radius 2 is 2.38 bits per heavy atom. The molecule has 0 saturated carbocycles. The van der Waals surface area contributed by atoms with E-state index in [0.29, 0.717) is 0 Å². The SMILES string of the molecule is CC(=O)CO[PH](=O)O. The Labute approximate surface area is 47.4 Å². The van der Waals surface area contributed by atoms with Crippen LogP contribution in [0, 0.1) is 0 Å². The normalized spacial score (nSPS) is 13.2. The van der Waals surface area contributed by atoms with Gasteiger partial charge in [0.25, 0.3) is 0 Å². The number of Topliss-reactive ketones (excluding diaryl/α,β-unsaturated/α-hetero) is 1. The zero-order valence-electron chi connectivity index (χ0n) is 4.38. The highest BCUT2D eigenvalue weighted by Gasteiger charge is 1.94. The quantitative estimate of drug-likeness (QED) is 0.556. The number of rotatable bonds is 3. The van der Waals surface area contributed by atoms with E-state index in [2.05, 4.69) is 4.52 Å². The summed E-state index contributed by atoms with van der Waals surface area (Å²) >= 11 is 0. The fourth-order valence-electron chi connectivity index (χ4n) is 0.163. The predicted molar refractivity (Wildman–Crippen MR) is 27.9 cm³/mol. The van der Waals surface area contributed by atoms with Crippen molar-refractivity contribution in [3.63, 3.8) is 0 Å². The molecule has 5 heteroatoms. The van der Waals surface area contributed by atoms with Crippen LogP contribution in [-0.4, -0.2) is 17.3 Å². The molecule has 0 aromatic carbocycles. The van der Waals surface area contributed by atoms with Crippen molar-refractivity contribution in [3.05, 3.63) is 0 Å². The van der Waals surface area contributed by atoms with E-state index in [0.717, 1.165) is 0 Å². The highest BCUT2D eigenvalue weighted by atomic mass is 31.1. The maximum absolute atomic E-state index is 9.99. The molecule has 0 aromatic rings. The molecular weight excluding hydrogens is 131 g/mol. The number of hydrogen-bond acceptors (Lipinski definition) is 3. The number of hydrogen-bond donors (Lipinski definition) is 1. The molecule has 1 N–H and O–H groups in total. The molecule has 0 bridgehead atoms. The van der Waals surface area contributed by atoms with Crippen molar-refractivity contribution in [2.45, 2.75) is 6.92 Å². The summed E-state index contributed by atoms with van der Waals surface area (Å²) in [5, 5.41) is 0. The van der Waals surface area contributed by atoms with Gasteiger partial charge in [-0.2, -0.15) is 0 Å². The zero-order chi connectivity index (χ0) is 6.57. The number of carbonyl (C=O) groups excluding carboxylic acids is 1. The molecular formula is C3H7O4P. The standard InChI is InChI=1S/C3H7O4P/c1-3(4)2-7-8(5)6/h8H,2H2,1H3,(H,5,6). The van der Waals surface area contributed by atoms with Gasteiger partial charge in [0.15, 0.2) is 5.78 Å². The average Bonchev–Trinajstić information content (AvgIpc) is 1.61. The minimum absolute atomic E-state index is 0.252. The molecule has 4 nitrogen and oxygen atoms in total. The molecule has 0 aromatic heterocycles. The summed E-state index contributed by atoms with van der Waals surface area (Å²) in [4.78, 5) is 18.0. The first kappa shape index (κ1) is 7.82. The van der Waals surface area contributed by atoms with E-state index in [4.69, 9.17) is 4.89 Å². The van der Waals surface area contributed by atoms with Gasteiger partial charge in [0, 0.05) is 0 Å². The topological polar surface area (TPSA) is 63.6 Å². The first-order valence-electron chi connectivity index (χ1n) is 1.98. The second-order valence-corrected chi connectivity index (χ2v) is 2.08. The van der Waals surface area contributed by atoms with Crippen molar-refractivity contribution in [2.24, 2.45) is 0 Å². The molecule has 1 atom stereocenters. The lowest BCUT2D eigenvalue weighted by molar-refractivity contribution is -0.119. The zero-order valence-corrected chi connectivity index (χ0v) is 5.38. The van der Waals surface area contributed by atoms with Crippen molar-refractivity contribution in [2.75, 3.05) is 6.61 Å². The molecule has 0 radical (unpaired) electrons. The van der Waals surface area contributed by atoms with E-state index < -0.39 is 8.25 Å². The van der Waals surface area contributed by atoms with Crippen molar-refractivity contribution >= 4 is 14.0 Å². The Kier molecular flexibility index (Phi) is 3.69. The maximum atomic E-state index is 9.99. The van der Waals surface area contributed by atoms with Gasteiger partial charge in [-0.05, 0) is 6.92 Å². The van der Waals surface area contributed by atoms with E-state index in [-0.39, 0.29) is 12.4 Å². The maximum Gasteiger partial charge on any atom is 0.317 e. The first-order chi connectivity index (χ1) is 3.63. The first-order valence-corrected chi connectivity index (χ1v) is 3.24. The van der Waals surface area contributed by atoms with Gasteiger partial charge in [-0.15, -0.1) is 0 Å². The fourth-order valence-corrected chi connectivity index (χ4v) is 0.490. The summed E-state index contributed by atoms with van der Waals surface area (Å²) in [7, 11) is -2.90. The monoisotopic (exact) mass is 138 g/mol. The second kappa shape index (κ2) is 3.78. The predicted octanol–water partition coefficient (Wildman–Crippen LogP) is -0.0260. The molecule has 0 spiro atoms. The summed E-state index contributed by atoms with van der Waals surface area (Å²) in [6, 6.07) is 0. The van der Waals surface area contributed by atoms with Crippen LogP contribution in [0.5, 0.6) is 0 Å². The molecule has 8 heavy (non-hydrogen) atoms. The van der Waals surface area contributed by atoms with Gasteiger partial charge in [0.2, 0.25) is 0 Å². The molecule has 0 heterocycles. The minimum Gasteiger partial charge on any atom is -0.326 e. The van der Waals surface area contributed by atoms with E-state index in [1.54, 1.807) is 0 Å². The van der Waals surface area contributed by atoms with Gasteiger partial charge in [-0.1, -0.05) is 0 Å². The number of carbonyl (C=O) groups is 1. The Hall–Kier alpha value is -0.180. The average molecular weight is 138 g/mol. The molecule has 48 valence electrons. The lowest BCUT2D eigenvalue weighted by atomic mass is 10.5. The molecule has 0 amide bonds. The van der Waals surface area contributed by atoms with Gasteiger partial charge in [0.05, 0.1) is 0 Å². The second-order valence-electron chi connectivity index (χ2n) is 1.26. The number of ketones is 1. The van der Waals surface area contributed by atoms with Crippen LogP contribution in [0.1, 0.15) is 6.92 Å². The van der Waals surface area contributed by atoms with Gasteiger partial charge >= 0.3 is 8.25 Å². The van der Waals surface area contributed by atoms with Crippen molar-refractivity contribution < 1.29 is 18.8 Å². The van der Waals surface area contributed by atoms with Crippen LogP contribution in [0.2, 0.25) is 0 Å². The highest BCUT2D eigenvalue weighted by Crippen LogP contribution is 2.12. The van der Waals surface area contributed by atoms with E-state index in [9.17, 15) is 9.36 Å². The molecule has 0 saturated heterocycles. The van der Waals surface area contributed by atoms with Gasteiger partial charge in [-0.3, -0.25) is 9.36 Å². The summed E-state index contributed by atoms with van der Waals surface area (Å²) in [5.41, 5.74) is 0. The van der Waals surface area contributed by atoms with Crippen LogP contribution in [0.15, 0.2) is 0 Å². The largest absolute Gasteiger partial charge is 0.326 e.